The molecule has 40 valence electrons. The molecule has 3 N–H and O–H groups in total. The number of hydrogen-bond acceptors (Lipinski definition) is 1. The zero-order valence-electron chi connectivity index (χ0n) is 4.78. The second-order valence-electron chi connectivity index (χ2n) is 2.30. The highest BCUT2D eigenvalue weighted by atomic mass is 14.7. The van der Waals surface area contributed by atoms with E-state index in [1.54, 1.807) is 13.8 Å². The Balaban J connectivity index is 3.79. The molecular weight excluding hydrogens is 88.1 g/mol. The maximum atomic E-state index is 6.86. The van der Waals surface area contributed by atoms with Crippen LogP contribution in [0.25, 0.3) is 0 Å². The molecule has 2 nitrogen and oxygen atoms in total. The highest BCUT2D eigenvalue weighted by Crippen LogP contribution is 2.09. The Hall–Kier alpha value is -0.660. The van der Waals surface area contributed by atoms with Crippen LogP contribution in [-0.2, 0) is 0 Å². The lowest BCUT2D eigenvalue weighted by molar-refractivity contribution is 0.658. The first-order valence-electron chi connectivity index (χ1n) is 2.14. The molecule has 0 aliphatic carbocycles. The van der Waals surface area contributed by atoms with Crippen molar-refractivity contribution in [3.63, 3.8) is 0 Å². The smallest absolute Gasteiger partial charge is 0.156 e. The van der Waals surface area contributed by atoms with Crippen LogP contribution in [0.5, 0.6) is 0 Å². The van der Waals surface area contributed by atoms with E-state index in [9.17, 15) is 0 Å². The number of nitrogens with one attached hydrogen (secondary N) is 1. The van der Waals surface area contributed by atoms with Crippen LogP contribution in [0.1, 0.15) is 13.8 Å². The summed E-state index contributed by atoms with van der Waals surface area (Å²) in [5.41, 5.74) is 4.70. The van der Waals surface area contributed by atoms with Gasteiger partial charge in [-0.25, -0.2) is 0 Å². The van der Waals surface area contributed by atoms with E-state index >= 15 is 0 Å². The molecule has 0 amide bonds. The van der Waals surface area contributed by atoms with Crippen LogP contribution in [0.2, 0.25) is 0 Å². The number of nitrogens with two attached hydrogens (primary N) is 1. The Morgan fingerprint density at radius 3 is 1.86 bits per heavy atom. The molecule has 0 aromatic carbocycles. The third kappa shape index (κ3) is 2.09. The van der Waals surface area contributed by atoms with Gasteiger partial charge in [-0.3, -0.25) is 5.41 Å². The van der Waals surface area contributed by atoms with Crippen LogP contribution >= 0.6 is 0 Å². The standard InChI is InChI=1S/C5H11N2/c1-5(2,3)4(6)7/h1H2,2-3H3,(H3,6,7)/q+1. The summed E-state index contributed by atoms with van der Waals surface area (Å²) in [5.74, 6) is 0.132. The molecule has 0 unspecified atom stereocenters. The highest BCUT2D eigenvalue weighted by Gasteiger charge is 2.21. The van der Waals surface area contributed by atoms with E-state index in [-0.39, 0.29) is 11.3 Å². The predicted molar refractivity (Wildman–Crippen MR) is 31.1 cm³/mol. The maximum Gasteiger partial charge on any atom is 0.156 e. The van der Waals surface area contributed by atoms with Gasteiger partial charge in [0.25, 0.3) is 0 Å². The van der Waals surface area contributed by atoms with Crippen molar-refractivity contribution in [1.82, 2.24) is 0 Å². The van der Waals surface area contributed by atoms with E-state index in [1.165, 1.54) is 0 Å². The van der Waals surface area contributed by atoms with E-state index in [1.807, 2.05) is 0 Å². The van der Waals surface area contributed by atoms with Crippen molar-refractivity contribution in [3.8, 4) is 0 Å². The molecule has 7 heavy (non-hydrogen) atoms. The summed E-state index contributed by atoms with van der Waals surface area (Å²) in [6, 6.07) is 0. The molecular formula is C5H11N2+. The average molecular weight is 99.2 g/mol. The lowest BCUT2D eigenvalue weighted by atomic mass is 9.96. The highest BCUT2D eigenvalue weighted by molar-refractivity contribution is 5.83. The number of rotatable bonds is 1. The molecule has 0 heterocycles. The van der Waals surface area contributed by atoms with Crippen molar-refractivity contribution >= 4 is 5.84 Å². The Morgan fingerprint density at radius 2 is 1.86 bits per heavy atom. The lowest BCUT2D eigenvalue weighted by Gasteiger charge is -2.05. The molecule has 0 aliphatic rings. The van der Waals surface area contributed by atoms with Gasteiger partial charge in [-0.2, -0.15) is 0 Å². The fourth-order valence-corrected chi connectivity index (χ4v) is 0. The largest absolute Gasteiger partial charge is 0.384 e. The molecule has 0 aromatic heterocycles. The summed E-state index contributed by atoms with van der Waals surface area (Å²) in [6.07, 6.45) is 0. The Labute approximate surface area is 44.2 Å². The van der Waals surface area contributed by atoms with Crippen molar-refractivity contribution in [1.29, 1.82) is 5.41 Å². The van der Waals surface area contributed by atoms with Crippen molar-refractivity contribution < 1.29 is 0 Å². The first-order valence-corrected chi connectivity index (χ1v) is 2.14. The van der Waals surface area contributed by atoms with Crippen LogP contribution < -0.4 is 5.73 Å². The predicted octanol–water partition coefficient (Wildman–Crippen LogP) is 0.783. The van der Waals surface area contributed by atoms with Crippen molar-refractivity contribution in [2.24, 2.45) is 11.1 Å². The maximum absolute atomic E-state index is 6.86. The van der Waals surface area contributed by atoms with Gasteiger partial charge in [0.2, 0.25) is 0 Å². The fourth-order valence-electron chi connectivity index (χ4n) is 0. The quantitative estimate of drug-likeness (QED) is 0.285. The Bertz CT molecular complexity index is 78.6. The Morgan fingerprint density at radius 1 is 1.71 bits per heavy atom. The van der Waals surface area contributed by atoms with E-state index in [2.05, 4.69) is 6.92 Å². The van der Waals surface area contributed by atoms with E-state index < -0.39 is 0 Å². The van der Waals surface area contributed by atoms with Gasteiger partial charge in [0, 0.05) is 0 Å². The van der Waals surface area contributed by atoms with E-state index in [4.69, 9.17) is 11.1 Å². The topological polar surface area (TPSA) is 49.9 Å². The van der Waals surface area contributed by atoms with Crippen LogP contribution in [0, 0.1) is 17.7 Å². The number of hydrogen-bond donors (Lipinski definition) is 2. The van der Waals surface area contributed by atoms with Gasteiger partial charge in [0.15, 0.2) is 5.41 Å². The van der Waals surface area contributed by atoms with Crippen LogP contribution in [0.15, 0.2) is 0 Å². The summed E-state index contributed by atoms with van der Waals surface area (Å²) in [7, 11) is 0. The van der Waals surface area contributed by atoms with Crippen molar-refractivity contribution in [2.45, 2.75) is 13.8 Å². The minimum absolute atomic E-state index is 0.132. The van der Waals surface area contributed by atoms with E-state index in [0.717, 1.165) is 0 Å². The molecule has 0 aliphatic heterocycles. The summed E-state index contributed by atoms with van der Waals surface area (Å²) in [5, 5.41) is 6.86. The van der Waals surface area contributed by atoms with Crippen molar-refractivity contribution in [2.75, 3.05) is 0 Å². The van der Waals surface area contributed by atoms with Crippen LogP contribution in [0.4, 0.5) is 0 Å². The SMILES string of the molecule is [CH2+]C(C)(C)C(=N)N. The first kappa shape index (κ1) is 6.34. The van der Waals surface area contributed by atoms with Crippen LogP contribution in [-0.4, -0.2) is 5.84 Å². The molecule has 0 rings (SSSR count). The molecule has 0 aromatic rings. The summed E-state index contributed by atoms with van der Waals surface area (Å²) in [6.45, 7) is 7.22. The molecule has 0 spiro atoms. The first-order chi connectivity index (χ1) is 2.94. The number of amidine groups is 1. The molecule has 0 fully saturated rings. The molecule has 0 saturated heterocycles. The van der Waals surface area contributed by atoms with Gasteiger partial charge in [-0.15, -0.1) is 0 Å². The van der Waals surface area contributed by atoms with Gasteiger partial charge in [0.1, 0.15) is 5.84 Å². The lowest BCUT2D eigenvalue weighted by Crippen LogP contribution is -2.27. The van der Waals surface area contributed by atoms with E-state index in [0.29, 0.717) is 0 Å². The van der Waals surface area contributed by atoms with Crippen molar-refractivity contribution in [3.05, 3.63) is 6.92 Å². The third-order valence-corrected chi connectivity index (χ3v) is 0.729. The zero-order chi connectivity index (χ0) is 6.08. The summed E-state index contributed by atoms with van der Waals surface area (Å²) < 4.78 is 0. The molecule has 0 atom stereocenters. The second-order valence-corrected chi connectivity index (χ2v) is 2.30. The molecule has 0 radical (unpaired) electrons. The van der Waals surface area contributed by atoms with Gasteiger partial charge < -0.3 is 5.73 Å². The normalized spacial score (nSPS) is 11.1. The van der Waals surface area contributed by atoms with Gasteiger partial charge in [0.05, 0.1) is 6.92 Å². The zero-order valence-corrected chi connectivity index (χ0v) is 4.78. The summed E-state index contributed by atoms with van der Waals surface area (Å²) >= 11 is 0. The molecule has 2 heteroatoms. The summed E-state index contributed by atoms with van der Waals surface area (Å²) in [4.78, 5) is 0. The molecule has 0 bridgehead atoms. The van der Waals surface area contributed by atoms with Gasteiger partial charge in [-0.05, 0) is 13.8 Å². The average Bonchev–Trinajstić information content (AvgIpc) is 1.31. The molecule has 0 saturated carbocycles. The van der Waals surface area contributed by atoms with Gasteiger partial charge >= 0.3 is 0 Å². The second kappa shape index (κ2) is 1.45. The minimum Gasteiger partial charge on any atom is -0.384 e. The van der Waals surface area contributed by atoms with Gasteiger partial charge in [-0.1, -0.05) is 0 Å². The Kier molecular flexibility index (Phi) is 1.31. The fraction of sp³-hybridized carbons (Fsp3) is 0.600. The minimum atomic E-state index is -0.389. The third-order valence-electron chi connectivity index (χ3n) is 0.729. The van der Waals surface area contributed by atoms with Crippen LogP contribution in [0.3, 0.4) is 0 Å². The monoisotopic (exact) mass is 99.1 g/mol.